The lowest BCUT2D eigenvalue weighted by atomic mass is 10.2. The Bertz CT molecular complexity index is 649. The minimum Gasteiger partial charge on any atom is -0.478 e. The van der Waals surface area contributed by atoms with Crippen molar-refractivity contribution in [3.05, 3.63) is 57.2 Å². The molecule has 4 nitrogen and oxygen atoms in total. The topological polar surface area (TPSA) is 53.4 Å². The number of carbonyl (C=O) groups is 1. The zero-order valence-electron chi connectivity index (χ0n) is 10.7. The van der Waals surface area contributed by atoms with Crippen molar-refractivity contribution in [2.45, 2.75) is 6.54 Å². The van der Waals surface area contributed by atoms with Crippen LogP contribution in [0.5, 0.6) is 0 Å². The van der Waals surface area contributed by atoms with Gasteiger partial charge in [0.25, 0.3) is 0 Å². The number of anilines is 1. The SMILES string of the molecule is CN(Cc1cccc(Br)c1)c1cc(C(=O)O)c(Cl)cn1. The van der Waals surface area contributed by atoms with Gasteiger partial charge in [-0.1, -0.05) is 39.7 Å². The molecule has 0 saturated heterocycles. The summed E-state index contributed by atoms with van der Waals surface area (Å²) in [5, 5.41) is 9.20. The lowest BCUT2D eigenvalue weighted by molar-refractivity contribution is 0.0697. The predicted molar refractivity (Wildman–Crippen MR) is 82.5 cm³/mol. The number of benzene rings is 1. The van der Waals surface area contributed by atoms with E-state index in [1.54, 1.807) is 0 Å². The highest BCUT2D eigenvalue weighted by atomic mass is 79.9. The fraction of sp³-hybridized carbons (Fsp3) is 0.143. The zero-order valence-corrected chi connectivity index (χ0v) is 13.0. The molecule has 1 heterocycles. The summed E-state index contributed by atoms with van der Waals surface area (Å²) in [5.41, 5.74) is 1.15. The second-order valence-electron chi connectivity index (χ2n) is 4.31. The molecule has 0 aliphatic carbocycles. The predicted octanol–water partition coefficient (Wildman–Crippen LogP) is 3.83. The summed E-state index contributed by atoms with van der Waals surface area (Å²) in [6.07, 6.45) is 1.36. The molecule has 0 unspecified atom stereocenters. The van der Waals surface area contributed by atoms with Crippen LogP contribution in [0.1, 0.15) is 15.9 Å². The van der Waals surface area contributed by atoms with Crippen molar-refractivity contribution in [2.75, 3.05) is 11.9 Å². The van der Waals surface area contributed by atoms with E-state index >= 15 is 0 Å². The van der Waals surface area contributed by atoms with Gasteiger partial charge in [-0.2, -0.15) is 0 Å². The second kappa shape index (κ2) is 6.24. The van der Waals surface area contributed by atoms with Crippen LogP contribution in [-0.4, -0.2) is 23.1 Å². The van der Waals surface area contributed by atoms with Crippen LogP contribution in [0.3, 0.4) is 0 Å². The highest BCUT2D eigenvalue weighted by molar-refractivity contribution is 9.10. The number of carboxylic acid groups (broad SMARTS) is 1. The van der Waals surface area contributed by atoms with E-state index in [9.17, 15) is 4.79 Å². The standard InChI is InChI=1S/C14H12BrClN2O2/c1-18(8-9-3-2-4-10(15)5-9)13-6-11(14(19)20)12(16)7-17-13/h2-7H,8H2,1H3,(H,19,20). The molecule has 0 radical (unpaired) electrons. The van der Waals surface area contributed by atoms with Crippen molar-refractivity contribution >= 4 is 39.3 Å². The Kier molecular flexibility index (Phi) is 4.62. The Morgan fingerprint density at radius 2 is 2.20 bits per heavy atom. The molecule has 0 spiro atoms. The van der Waals surface area contributed by atoms with Crippen LogP contribution >= 0.6 is 27.5 Å². The third-order valence-corrected chi connectivity index (χ3v) is 3.57. The van der Waals surface area contributed by atoms with Crippen LogP contribution in [-0.2, 0) is 6.54 Å². The molecule has 20 heavy (non-hydrogen) atoms. The van der Waals surface area contributed by atoms with E-state index in [0.29, 0.717) is 12.4 Å². The summed E-state index contributed by atoms with van der Waals surface area (Å²) in [6.45, 7) is 0.618. The Morgan fingerprint density at radius 1 is 1.45 bits per heavy atom. The molecule has 0 saturated carbocycles. The van der Waals surface area contributed by atoms with Gasteiger partial charge in [0.2, 0.25) is 0 Å². The van der Waals surface area contributed by atoms with E-state index in [1.807, 2.05) is 36.2 Å². The van der Waals surface area contributed by atoms with Gasteiger partial charge >= 0.3 is 5.97 Å². The molecule has 2 aromatic rings. The van der Waals surface area contributed by atoms with Crippen LogP contribution in [0.2, 0.25) is 5.02 Å². The van der Waals surface area contributed by atoms with Gasteiger partial charge in [-0.3, -0.25) is 0 Å². The zero-order chi connectivity index (χ0) is 14.7. The monoisotopic (exact) mass is 354 g/mol. The van der Waals surface area contributed by atoms with Gasteiger partial charge in [-0.25, -0.2) is 9.78 Å². The highest BCUT2D eigenvalue weighted by Gasteiger charge is 2.12. The Balaban J connectivity index is 2.23. The molecule has 2 rings (SSSR count). The molecule has 6 heteroatoms. The van der Waals surface area contributed by atoms with Crippen molar-refractivity contribution in [3.8, 4) is 0 Å². The highest BCUT2D eigenvalue weighted by Crippen LogP contribution is 2.21. The molecule has 1 N–H and O–H groups in total. The van der Waals surface area contributed by atoms with Gasteiger partial charge < -0.3 is 10.0 Å². The average Bonchev–Trinajstić information content (AvgIpc) is 2.38. The van der Waals surface area contributed by atoms with Crippen molar-refractivity contribution in [1.29, 1.82) is 0 Å². The number of nitrogens with zero attached hydrogens (tertiary/aromatic N) is 2. The molecular formula is C14H12BrClN2O2. The van der Waals surface area contributed by atoms with Crippen LogP contribution in [0.4, 0.5) is 5.82 Å². The normalized spacial score (nSPS) is 10.3. The van der Waals surface area contributed by atoms with Gasteiger partial charge in [0.1, 0.15) is 5.82 Å². The third kappa shape index (κ3) is 3.49. The summed E-state index contributed by atoms with van der Waals surface area (Å²) in [4.78, 5) is 17.1. The number of hydrogen-bond acceptors (Lipinski definition) is 3. The maximum absolute atomic E-state index is 11.1. The van der Waals surface area contributed by atoms with E-state index in [4.69, 9.17) is 16.7 Å². The van der Waals surface area contributed by atoms with Crippen LogP contribution in [0.25, 0.3) is 0 Å². The van der Waals surface area contributed by atoms with Crippen molar-refractivity contribution in [3.63, 3.8) is 0 Å². The molecule has 1 aromatic carbocycles. The quantitative estimate of drug-likeness (QED) is 0.905. The lowest BCUT2D eigenvalue weighted by Gasteiger charge is -2.19. The molecule has 0 atom stereocenters. The van der Waals surface area contributed by atoms with Crippen molar-refractivity contribution in [2.24, 2.45) is 0 Å². The maximum atomic E-state index is 11.1. The number of pyridine rings is 1. The number of halogens is 2. The Hall–Kier alpha value is -1.59. The number of rotatable bonds is 4. The number of carboxylic acids is 1. The first-order chi connectivity index (χ1) is 9.47. The minimum absolute atomic E-state index is 0.0535. The average molecular weight is 356 g/mol. The lowest BCUT2D eigenvalue weighted by Crippen LogP contribution is -2.18. The first-order valence-corrected chi connectivity index (χ1v) is 6.99. The fourth-order valence-corrected chi connectivity index (χ4v) is 2.42. The first kappa shape index (κ1) is 14.8. The van der Waals surface area contributed by atoms with E-state index in [-0.39, 0.29) is 10.6 Å². The molecule has 0 fully saturated rings. The summed E-state index contributed by atoms with van der Waals surface area (Å²) in [5.74, 6) is -0.499. The maximum Gasteiger partial charge on any atom is 0.337 e. The minimum atomic E-state index is -1.06. The second-order valence-corrected chi connectivity index (χ2v) is 5.64. The first-order valence-electron chi connectivity index (χ1n) is 5.82. The molecule has 0 amide bonds. The van der Waals surface area contributed by atoms with Gasteiger partial charge in [-0.05, 0) is 23.8 Å². The van der Waals surface area contributed by atoms with E-state index in [2.05, 4.69) is 20.9 Å². The van der Waals surface area contributed by atoms with Gasteiger partial charge in [-0.15, -0.1) is 0 Å². The van der Waals surface area contributed by atoms with Crippen LogP contribution in [0.15, 0.2) is 41.0 Å². The van der Waals surface area contributed by atoms with Crippen LogP contribution < -0.4 is 4.90 Å². The molecule has 0 bridgehead atoms. The van der Waals surface area contributed by atoms with E-state index < -0.39 is 5.97 Å². The van der Waals surface area contributed by atoms with Gasteiger partial charge in [0.05, 0.1) is 10.6 Å². The largest absolute Gasteiger partial charge is 0.478 e. The number of aromatic carboxylic acids is 1. The van der Waals surface area contributed by atoms with Crippen molar-refractivity contribution < 1.29 is 9.90 Å². The van der Waals surface area contributed by atoms with Gasteiger partial charge in [0, 0.05) is 24.3 Å². The van der Waals surface area contributed by atoms with Crippen LogP contribution in [0, 0.1) is 0 Å². The smallest absolute Gasteiger partial charge is 0.337 e. The van der Waals surface area contributed by atoms with Gasteiger partial charge in [0.15, 0.2) is 0 Å². The molecule has 0 aliphatic rings. The summed E-state index contributed by atoms with van der Waals surface area (Å²) in [6, 6.07) is 9.38. The molecule has 1 aromatic heterocycles. The number of aromatic nitrogens is 1. The third-order valence-electron chi connectivity index (χ3n) is 2.77. The molecular weight excluding hydrogens is 344 g/mol. The molecule has 104 valence electrons. The summed E-state index contributed by atoms with van der Waals surface area (Å²) < 4.78 is 0.999. The van der Waals surface area contributed by atoms with E-state index in [0.717, 1.165) is 10.0 Å². The number of hydrogen-bond donors (Lipinski definition) is 1. The Labute approximate surface area is 130 Å². The Morgan fingerprint density at radius 3 is 2.85 bits per heavy atom. The summed E-state index contributed by atoms with van der Waals surface area (Å²) >= 11 is 9.23. The fourth-order valence-electron chi connectivity index (χ4n) is 1.79. The van der Waals surface area contributed by atoms with Crippen molar-refractivity contribution in [1.82, 2.24) is 4.98 Å². The summed E-state index contributed by atoms with van der Waals surface area (Å²) in [7, 11) is 1.85. The van der Waals surface area contributed by atoms with E-state index in [1.165, 1.54) is 12.3 Å². The molecule has 0 aliphatic heterocycles.